The molecular formula is C21H19Cl2FO2. The van der Waals surface area contributed by atoms with Crippen molar-refractivity contribution in [2.24, 2.45) is 17.3 Å². The summed E-state index contributed by atoms with van der Waals surface area (Å²) in [4.78, 5) is 12.4. The minimum absolute atomic E-state index is 0.0234. The minimum Gasteiger partial charge on any atom is -0.461 e. The van der Waals surface area contributed by atoms with Gasteiger partial charge in [0.15, 0.2) is 0 Å². The Balaban J connectivity index is 1.68. The molecule has 0 radical (unpaired) electrons. The summed E-state index contributed by atoms with van der Waals surface area (Å²) >= 11 is 11.4. The number of benzene rings is 2. The molecule has 0 N–H and O–H groups in total. The van der Waals surface area contributed by atoms with Crippen LogP contribution in [0, 0.1) is 23.1 Å². The van der Waals surface area contributed by atoms with Crippen molar-refractivity contribution in [3.05, 3.63) is 70.5 Å². The second kappa shape index (κ2) is 7.42. The molecule has 5 heteroatoms. The van der Waals surface area contributed by atoms with E-state index in [-0.39, 0.29) is 40.1 Å². The van der Waals surface area contributed by atoms with Crippen LogP contribution in [0.15, 0.2) is 59.1 Å². The van der Waals surface area contributed by atoms with E-state index in [9.17, 15) is 9.18 Å². The standard InChI is InChI=1S/C21H19Cl2FO2/c1-21(2)16(11-18(22)23)19(21)20(25)26-12-13-6-5-7-14(10-13)15-8-3-4-9-17(15)24/h3-11,16,19H,12H2,1-2H3/t16-,19-/m0/s1. The van der Waals surface area contributed by atoms with Crippen LogP contribution in [-0.4, -0.2) is 5.97 Å². The van der Waals surface area contributed by atoms with Gasteiger partial charge in [-0.2, -0.15) is 0 Å². The topological polar surface area (TPSA) is 26.3 Å². The molecule has 0 heterocycles. The number of hydrogen-bond donors (Lipinski definition) is 0. The Morgan fingerprint density at radius 3 is 2.62 bits per heavy atom. The van der Waals surface area contributed by atoms with Gasteiger partial charge in [-0.05, 0) is 40.7 Å². The van der Waals surface area contributed by atoms with Gasteiger partial charge in [0.25, 0.3) is 0 Å². The number of esters is 1. The average molecular weight is 393 g/mol. The second-order valence-corrected chi connectivity index (χ2v) is 8.08. The number of allylic oxidation sites excluding steroid dienone is 1. The molecule has 0 aromatic heterocycles. The van der Waals surface area contributed by atoms with Crippen molar-refractivity contribution < 1.29 is 13.9 Å². The lowest BCUT2D eigenvalue weighted by Crippen LogP contribution is -2.10. The summed E-state index contributed by atoms with van der Waals surface area (Å²) in [5.41, 5.74) is 1.85. The largest absolute Gasteiger partial charge is 0.461 e. The van der Waals surface area contributed by atoms with Gasteiger partial charge in [0, 0.05) is 5.56 Å². The molecule has 1 aliphatic carbocycles. The fourth-order valence-electron chi connectivity index (χ4n) is 3.34. The molecule has 136 valence electrons. The van der Waals surface area contributed by atoms with Crippen LogP contribution in [0.3, 0.4) is 0 Å². The van der Waals surface area contributed by atoms with Crippen molar-refractivity contribution in [1.29, 1.82) is 0 Å². The molecule has 0 amide bonds. The van der Waals surface area contributed by atoms with Crippen LogP contribution in [0.25, 0.3) is 11.1 Å². The molecule has 2 aromatic rings. The summed E-state index contributed by atoms with van der Waals surface area (Å²) in [5, 5.41) is 0. The predicted molar refractivity (Wildman–Crippen MR) is 102 cm³/mol. The molecule has 1 fully saturated rings. The monoisotopic (exact) mass is 392 g/mol. The van der Waals surface area contributed by atoms with Crippen molar-refractivity contribution >= 4 is 29.2 Å². The predicted octanol–water partition coefficient (Wildman–Crippen LogP) is 6.13. The molecule has 2 nitrogen and oxygen atoms in total. The summed E-state index contributed by atoms with van der Waals surface area (Å²) in [6.45, 7) is 4.10. The highest BCUT2D eigenvalue weighted by Gasteiger charge is 2.61. The summed E-state index contributed by atoms with van der Waals surface area (Å²) < 4.78 is 19.6. The smallest absolute Gasteiger partial charge is 0.310 e. The molecule has 2 aromatic carbocycles. The van der Waals surface area contributed by atoms with E-state index in [2.05, 4.69) is 0 Å². The Hall–Kier alpha value is -1.84. The lowest BCUT2D eigenvalue weighted by molar-refractivity contribution is -0.147. The van der Waals surface area contributed by atoms with Crippen LogP contribution < -0.4 is 0 Å². The average Bonchev–Trinajstić information content (AvgIpc) is 3.13. The van der Waals surface area contributed by atoms with E-state index < -0.39 is 0 Å². The van der Waals surface area contributed by atoms with Gasteiger partial charge in [0.2, 0.25) is 0 Å². The van der Waals surface area contributed by atoms with Gasteiger partial charge in [-0.25, -0.2) is 4.39 Å². The van der Waals surface area contributed by atoms with E-state index in [1.165, 1.54) is 6.07 Å². The molecule has 0 aliphatic heterocycles. The van der Waals surface area contributed by atoms with Crippen LogP contribution in [0.2, 0.25) is 0 Å². The zero-order valence-electron chi connectivity index (χ0n) is 14.5. The second-order valence-electron chi connectivity index (χ2n) is 7.07. The first-order chi connectivity index (χ1) is 12.3. The van der Waals surface area contributed by atoms with Gasteiger partial charge >= 0.3 is 5.97 Å². The summed E-state index contributed by atoms with van der Waals surface area (Å²) in [6.07, 6.45) is 1.69. The number of hydrogen-bond acceptors (Lipinski definition) is 2. The normalized spacial score (nSPS) is 20.3. The highest BCUT2D eigenvalue weighted by Crippen LogP contribution is 2.60. The molecular weight excluding hydrogens is 374 g/mol. The van der Waals surface area contributed by atoms with E-state index in [0.717, 1.165) is 11.1 Å². The first kappa shape index (κ1) is 18.9. The Morgan fingerprint density at radius 1 is 1.19 bits per heavy atom. The highest BCUT2D eigenvalue weighted by atomic mass is 35.5. The van der Waals surface area contributed by atoms with Crippen molar-refractivity contribution in [2.45, 2.75) is 20.5 Å². The minimum atomic E-state index is -0.283. The molecule has 1 saturated carbocycles. The highest BCUT2D eigenvalue weighted by molar-refractivity contribution is 6.55. The van der Waals surface area contributed by atoms with Gasteiger partial charge in [0.05, 0.1) is 5.92 Å². The van der Waals surface area contributed by atoms with E-state index in [4.69, 9.17) is 27.9 Å². The molecule has 3 rings (SSSR count). The van der Waals surface area contributed by atoms with Crippen LogP contribution in [0.1, 0.15) is 19.4 Å². The lowest BCUT2D eigenvalue weighted by Gasteiger charge is -2.08. The molecule has 2 atom stereocenters. The van der Waals surface area contributed by atoms with E-state index in [0.29, 0.717) is 5.56 Å². The molecule has 0 spiro atoms. The van der Waals surface area contributed by atoms with E-state index in [1.807, 2.05) is 38.1 Å². The fourth-order valence-corrected chi connectivity index (χ4v) is 3.61. The first-order valence-electron chi connectivity index (χ1n) is 8.34. The molecule has 1 aliphatic rings. The van der Waals surface area contributed by atoms with Crippen LogP contribution in [0.5, 0.6) is 0 Å². The zero-order chi connectivity index (χ0) is 18.9. The maximum absolute atomic E-state index is 14.0. The van der Waals surface area contributed by atoms with Crippen LogP contribution in [0.4, 0.5) is 4.39 Å². The summed E-state index contributed by atoms with van der Waals surface area (Å²) in [5.74, 6) is -0.842. The van der Waals surface area contributed by atoms with Gasteiger partial charge in [0.1, 0.15) is 16.9 Å². The van der Waals surface area contributed by atoms with Gasteiger partial charge in [-0.1, -0.05) is 73.4 Å². The molecule has 0 unspecified atom stereocenters. The Bertz CT molecular complexity index is 857. The summed E-state index contributed by atoms with van der Waals surface area (Å²) in [7, 11) is 0. The lowest BCUT2D eigenvalue weighted by atomic mass is 10.0. The van der Waals surface area contributed by atoms with Crippen LogP contribution in [-0.2, 0) is 16.1 Å². The third-order valence-electron chi connectivity index (χ3n) is 4.96. The number of carbonyl (C=O) groups is 1. The first-order valence-corrected chi connectivity index (χ1v) is 9.09. The van der Waals surface area contributed by atoms with E-state index >= 15 is 0 Å². The van der Waals surface area contributed by atoms with Crippen LogP contribution >= 0.6 is 23.2 Å². The van der Waals surface area contributed by atoms with Crippen molar-refractivity contribution in [2.75, 3.05) is 0 Å². The number of halogens is 3. The quantitative estimate of drug-likeness (QED) is 0.572. The maximum atomic E-state index is 14.0. The Morgan fingerprint density at radius 2 is 1.92 bits per heavy atom. The van der Waals surface area contributed by atoms with E-state index in [1.54, 1.807) is 24.3 Å². The Kier molecular flexibility index (Phi) is 5.40. The third-order valence-corrected chi connectivity index (χ3v) is 5.22. The van der Waals surface area contributed by atoms with Gasteiger partial charge in [-0.15, -0.1) is 0 Å². The SMILES string of the molecule is CC1(C)[C@H](C(=O)OCc2cccc(-c3ccccc3F)c2)[C@@H]1C=C(Cl)Cl. The molecule has 0 saturated heterocycles. The van der Waals surface area contributed by atoms with Crippen molar-refractivity contribution in [3.63, 3.8) is 0 Å². The summed E-state index contributed by atoms with van der Waals surface area (Å²) in [6, 6.07) is 13.9. The molecule has 0 bridgehead atoms. The molecule has 26 heavy (non-hydrogen) atoms. The van der Waals surface area contributed by atoms with Crippen molar-refractivity contribution in [3.8, 4) is 11.1 Å². The zero-order valence-corrected chi connectivity index (χ0v) is 16.0. The fraction of sp³-hybridized carbons (Fsp3) is 0.286. The number of rotatable bonds is 5. The Labute approximate surface area is 162 Å². The van der Waals surface area contributed by atoms with Gasteiger partial charge < -0.3 is 4.74 Å². The number of ether oxygens (including phenoxy) is 1. The number of carbonyl (C=O) groups excluding carboxylic acids is 1. The third kappa shape index (κ3) is 3.94. The maximum Gasteiger partial charge on any atom is 0.310 e. The van der Waals surface area contributed by atoms with Crippen molar-refractivity contribution in [1.82, 2.24) is 0 Å². The van der Waals surface area contributed by atoms with Gasteiger partial charge in [-0.3, -0.25) is 4.79 Å².